The van der Waals surface area contributed by atoms with Crippen molar-refractivity contribution >= 4 is 42.5 Å². The number of hydrogen-bond donors (Lipinski definition) is 2. The molecule has 0 bridgehead atoms. The second-order valence-electron chi connectivity index (χ2n) is 5.51. The number of carbonyl (C=O) groups is 1. The van der Waals surface area contributed by atoms with Crippen molar-refractivity contribution in [2.75, 3.05) is 6.54 Å². The van der Waals surface area contributed by atoms with Gasteiger partial charge in [-0.15, -0.1) is 24.8 Å². The van der Waals surface area contributed by atoms with Gasteiger partial charge in [-0.05, 0) is 55.2 Å². The van der Waals surface area contributed by atoms with E-state index in [-0.39, 0.29) is 36.8 Å². The lowest BCUT2D eigenvalue weighted by Crippen LogP contribution is -2.38. The summed E-state index contributed by atoms with van der Waals surface area (Å²) in [5, 5.41) is 3.85. The first-order chi connectivity index (χ1) is 10.7. The topological polar surface area (TPSA) is 68.0 Å². The molecule has 1 aromatic carbocycles. The maximum absolute atomic E-state index is 12.1. The third kappa shape index (κ3) is 5.98. The van der Waals surface area contributed by atoms with E-state index in [4.69, 9.17) is 5.73 Å². The van der Waals surface area contributed by atoms with Gasteiger partial charge >= 0.3 is 0 Å². The summed E-state index contributed by atoms with van der Waals surface area (Å²) in [6.07, 6.45) is 4.15. The van der Waals surface area contributed by atoms with Crippen LogP contribution in [0, 0.1) is 5.92 Å². The molecule has 2 aromatic rings. The zero-order chi connectivity index (χ0) is 15.4. The summed E-state index contributed by atoms with van der Waals surface area (Å²) in [7, 11) is 0. The van der Waals surface area contributed by atoms with Crippen LogP contribution in [0.2, 0.25) is 0 Å². The zero-order valence-corrected chi connectivity index (χ0v) is 15.5. The molecule has 1 fully saturated rings. The molecule has 0 radical (unpaired) electrons. The Balaban J connectivity index is 0.00000144. The number of pyridine rings is 1. The summed E-state index contributed by atoms with van der Waals surface area (Å²) < 4.78 is 0. The Hall–Kier alpha value is -1.27. The molecule has 3 rings (SSSR count). The Bertz CT molecular complexity index is 636. The molecule has 4 nitrogen and oxygen atoms in total. The van der Waals surface area contributed by atoms with Crippen molar-refractivity contribution in [3.63, 3.8) is 0 Å². The van der Waals surface area contributed by atoms with E-state index in [2.05, 4.69) is 10.3 Å². The number of benzene rings is 1. The van der Waals surface area contributed by atoms with Crippen LogP contribution in [0.5, 0.6) is 0 Å². The summed E-state index contributed by atoms with van der Waals surface area (Å²) in [5.41, 5.74) is 6.65. The fourth-order valence-electron chi connectivity index (χ4n) is 2.21. The number of halogens is 2. The van der Waals surface area contributed by atoms with E-state index >= 15 is 0 Å². The normalized spacial score (nSPS) is 14.0. The van der Waals surface area contributed by atoms with Crippen LogP contribution >= 0.6 is 36.6 Å². The van der Waals surface area contributed by atoms with E-state index in [9.17, 15) is 4.79 Å². The molecule has 0 saturated heterocycles. The largest absolute Gasteiger partial charge is 0.350 e. The van der Waals surface area contributed by atoms with Gasteiger partial charge in [0.05, 0.1) is 0 Å². The van der Waals surface area contributed by atoms with Crippen LogP contribution < -0.4 is 11.1 Å². The zero-order valence-electron chi connectivity index (χ0n) is 13.1. The Morgan fingerprint density at radius 3 is 2.50 bits per heavy atom. The van der Waals surface area contributed by atoms with Gasteiger partial charge in [-0.1, -0.05) is 17.8 Å². The first kappa shape index (κ1) is 20.8. The summed E-state index contributed by atoms with van der Waals surface area (Å²) in [6, 6.07) is 13.5. The van der Waals surface area contributed by atoms with Crippen LogP contribution in [0.15, 0.2) is 58.6 Å². The predicted octanol–water partition coefficient (Wildman–Crippen LogP) is 3.54. The van der Waals surface area contributed by atoms with E-state index in [1.165, 1.54) is 12.8 Å². The molecule has 1 unspecified atom stereocenters. The van der Waals surface area contributed by atoms with Crippen LogP contribution in [0.1, 0.15) is 23.2 Å². The van der Waals surface area contributed by atoms with Gasteiger partial charge < -0.3 is 11.1 Å². The second-order valence-corrected chi connectivity index (χ2v) is 6.60. The SMILES string of the molecule is Cl.Cl.NC(CNC(=O)c1ccc(Sc2ccccn2)cc1)C1CC1. The number of carbonyl (C=O) groups excluding carboxylic acids is 1. The lowest BCUT2D eigenvalue weighted by atomic mass is 10.2. The molecule has 1 heterocycles. The number of nitrogens with zero attached hydrogens (tertiary/aromatic N) is 1. The van der Waals surface area contributed by atoms with Gasteiger partial charge in [-0.2, -0.15) is 0 Å². The highest BCUT2D eigenvalue weighted by Gasteiger charge is 2.28. The molecule has 1 aliphatic carbocycles. The Kier molecular flexibility index (Phi) is 8.56. The smallest absolute Gasteiger partial charge is 0.251 e. The maximum Gasteiger partial charge on any atom is 0.251 e. The molecule has 1 amide bonds. The second kappa shape index (κ2) is 9.89. The molecule has 7 heteroatoms. The highest BCUT2D eigenvalue weighted by atomic mass is 35.5. The van der Waals surface area contributed by atoms with Gasteiger partial charge in [0, 0.05) is 29.2 Å². The third-order valence-corrected chi connectivity index (χ3v) is 4.66. The molecule has 0 spiro atoms. The number of rotatable bonds is 6. The van der Waals surface area contributed by atoms with E-state index in [1.807, 2.05) is 42.5 Å². The van der Waals surface area contributed by atoms with E-state index in [1.54, 1.807) is 18.0 Å². The van der Waals surface area contributed by atoms with Crippen LogP contribution in [0.3, 0.4) is 0 Å². The minimum atomic E-state index is -0.0644. The highest BCUT2D eigenvalue weighted by molar-refractivity contribution is 7.99. The van der Waals surface area contributed by atoms with Gasteiger partial charge in [0.2, 0.25) is 0 Å². The molecular formula is C17H21Cl2N3OS. The van der Waals surface area contributed by atoms with Crippen molar-refractivity contribution in [3.8, 4) is 0 Å². The quantitative estimate of drug-likeness (QED) is 0.797. The summed E-state index contributed by atoms with van der Waals surface area (Å²) in [4.78, 5) is 17.4. The molecule has 24 heavy (non-hydrogen) atoms. The number of hydrogen-bond acceptors (Lipinski definition) is 4. The van der Waals surface area contributed by atoms with Crippen LogP contribution in [0.25, 0.3) is 0 Å². The van der Waals surface area contributed by atoms with Crippen molar-refractivity contribution in [1.29, 1.82) is 0 Å². The minimum Gasteiger partial charge on any atom is -0.350 e. The Labute approximate surface area is 158 Å². The average molecular weight is 386 g/mol. The number of amides is 1. The number of nitrogens with two attached hydrogens (primary N) is 1. The fourth-order valence-corrected chi connectivity index (χ4v) is 2.98. The van der Waals surface area contributed by atoms with Gasteiger partial charge in [-0.25, -0.2) is 4.98 Å². The van der Waals surface area contributed by atoms with Crippen LogP contribution in [-0.4, -0.2) is 23.5 Å². The van der Waals surface area contributed by atoms with Gasteiger partial charge in [0.15, 0.2) is 0 Å². The predicted molar refractivity (Wildman–Crippen MR) is 102 cm³/mol. The van der Waals surface area contributed by atoms with Crippen molar-refractivity contribution in [2.45, 2.75) is 28.8 Å². The lowest BCUT2D eigenvalue weighted by Gasteiger charge is -2.11. The molecular weight excluding hydrogens is 365 g/mol. The standard InChI is InChI=1S/C17H19N3OS.2ClH/c18-15(12-4-5-12)11-20-17(21)13-6-8-14(9-7-13)22-16-3-1-2-10-19-16;;/h1-3,6-10,12,15H,4-5,11,18H2,(H,20,21);2*1H. The Morgan fingerprint density at radius 1 is 1.21 bits per heavy atom. The van der Waals surface area contributed by atoms with E-state index in [0.29, 0.717) is 18.0 Å². The van der Waals surface area contributed by atoms with Crippen molar-refractivity contribution in [2.24, 2.45) is 11.7 Å². The molecule has 1 aliphatic rings. The van der Waals surface area contributed by atoms with E-state index in [0.717, 1.165) is 9.92 Å². The average Bonchev–Trinajstić information content (AvgIpc) is 3.39. The van der Waals surface area contributed by atoms with Crippen molar-refractivity contribution in [1.82, 2.24) is 10.3 Å². The van der Waals surface area contributed by atoms with Gasteiger partial charge in [0.1, 0.15) is 5.03 Å². The minimum absolute atomic E-state index is 0. The summed E-state index contributed by atoms with van der Waals surface area (Å²) >= 11 is 1.58. The summed E-state index contributed by atoms with van der Waals surface area (Å²) in [5.74, 6) is 0.530. The molecule has 1 atom stereocenters. The van der Waals surface area contributed by atoms with Crippen molar-refractivity contribution < 1.29 is 4.79 Å². The maximum atomic E-state index is 12.1. The Morgan fingerprint density at radius 2 is 1.92 bits per heavy atom. The van der Waals surface area contributed by atoms with Gasteiger partial charge in [0.25, 0.3) is 5.91 Å². The number of aromatic nitrogens is 1. The van der Waals surface area contributed by atoms with Crippen LogP contribution in [-0.2, 0) is 0 Å². The summed E-state index contributed by atoms with van der Waals surface area (Å²) in [6.45, 7) is 0.550. The van der Waals surface area contributed by atoms with Gasteiger partial charge in [-0.3, -0.25) is 4.79 Å². The molecule has 3 N–H and O–H groups in total. The molecule has 1 saturated carbocycles. The first-order valence-electron chi connectivity index (χ1n) is 7.45. The number of nitrogens with one attached hydrogen (secondary N) is 1. The van der Waals surface area contributed by atoms with Crippen molar-refractivity contribution in [3.05, 3.63) is 54.2 Å². The molecule has 0 aliphatic heterocycles. The lowest BCUT2D eigenvalue weighted by molar-refractivity contribution is 0.0950. The molecule has 1 aromatic heterocycles. The fraction of sp³-hybridized carbons (Fsp3) is 0.294. The highest BCUT2D eigenvalue weighted by Crippen LogP contribution is 2.31. The third-order valence-electron chi connectivity index (χ3n) is 3.70. The first-order valence-corrected chi connectivity index (χ1v) is 8.27. The molecule has 130 valence electrons. The van der Waals surface area contributed by atoms with Crippen LogP contribution in [0.4, 0.5) is 0 Å². The van der Waals surface area contributed by atoms with E-state index < -0.39 is 0 Å². The monoisotopic (exact) mass is 385 g/mol.